The zero-order valence-corrected chi connectivity index (χ0v) is 9.51. The van der Waals surface area contributed by atoms with Gasteiger partial charge in [0.2, 0.25) is 0 Å². The van der Waals surface area contributed by atoms with Crippen LogP contribution < -0.4 is 9.47 Å². The Labute approximate surface area is 99.0 Å². The molecule has 0 saturated carbocycles. The molecule has 0 aliphatic heterocycles. The van der Waals surface area contributed by atoms with E-state index >= 15 is 0 Å². The van der Waals surface area contributed by atoms with Gasteiger partial charge in [-0.2, -0.15) is 0 Å². The molecule has 17 heavy (non-hydrogen) atoms. The highest BCUT2D eigenvalue weighted by atomic mass is 16.5. The van der Waals surface area contributed by atoms with Crippen molar-refractivity contribution >= 4 is 12.3 Å². The summed E-state index contributed by atoms with van der Waals surface area (Å²) in [6.45, 7) is -0.0712. The van der Waals surface area contributed by atoms with Gasteiger partial charge in [-0.15, -0.1) is 0 Å². The quantitative estimate of drug-likeness (QED) is 0.457. The lowest BCUT2D eigenvalue weighted by molar-refractivity contribution is -0.134. The smallest absolute Gasteiger partial charge is 0.311 e. The van der Waals surface area contributed by atoms with Crippen LogP contribution in [0.1, 0.15) is 23.2 Å². The average molecular weight is 238 g/mol. The van der Waals surface area contributed by atoms with Crippen molar-refractivity contribution in [3.8, 4) is 11.5 Å². The summed E-state index contributed by atoms with van der Waals surface area (Å²) in [5, 5.41) is 8.57. The van der Waals surface area contributed by atoms with Crippen LogP contribution in [0.3, 0.4) is 0 Å². The Morgan fingerprint density at radius 3 is 2.82 bits per heavy atom. The third-order valence-corrected chi connectivity index (χ3v) is 2.11. The molecule has 0 atom stereocenters. The van der Waals surface area contributed by atoms with Crippen molar-refractivity contribution in [1.82, 2.24) is 0 Å². The molecule has 1 aromatic rings. The van der Waals surface area contributed by atoms with Gasteiger partial charge < -0.3 is 14.6 Å². The Morgan fingerprint density at radius 1 is 1.47 bits per heavy atom. The molecule has 1 rings (SSSR count). The summed E-state index contributed by atoms with van der Waals surface area (Å²) in [6, 6.07) is 4.59. The lowest BCUT2D eigenvalue weighted by Gasteiger charge is -2.07. The fourth-order valence-corrected chi connectivity index (χ4v) is 1.24. The average Bonchev–Trinajstić information content (AvgIpc) is 2.36. The largest absolute Gasteiger partial charge is 0.497 e. The summed E-state index contributed by atoms with van der Waals surface area (Å²) in [6.07, 6.45) is 1.05. The molecule has 0 amide bonds. The van der Waals surface area contributed by atoms with Crippen LogP contribution in [0.4, 0.5) is 0 Å². The molecule has 0 aromatic heterocycles. The van der Waals surface area contributed by atoms with Crippen LogP contribution in [0.5, 0.6) is 11.5 Å². The number of rotatable bonds is 6. The molecule has 0 radical (unpaired) electrons. The van der Waals surface area contributed by atoms with Crippen molar-refractivity contribution in [2.24, 2.45) is 0 Å². The van der Waals surface area contributed by atoms with E-state index in [0.29, 0.717) is 18.5 Å². The number of aliphatic hydroxyl groups excluding tert-OH is 1. The molecule has 0 spiro atoms. The maximum atomic E-state index is 11.3. The second-order valence-corrected chi connectivity index (χ2v) is 3.32. The summed E-state index contributed by atoms with van der Waals surface area (Å²) in [4.78, 5) is 22.1. The highest BCUT2D eigenvalue weighted by Gasteiger charge is 2.09. The monoisotopic (exact) mass is 238 g/mol. The Kier molecular flexibility index (Phi) is 5.16. The lowest BCUT2D eigenvalue weighted by Crippen LogP contribution is -2.09. The van der Waals surface area contributed by atoms with Gasteiger partial charge in [-0.1, -0.05) is 0 Å². The molecule has 0 fully saturated rings. The van der Waals surface area contributed by atoms with Crippen LogP contribution in [-0.4, -0.2) is 31.1 Å². The maximum Gasteiger partial charge on any atom is 0.311 e. The third kappa shape index (κ3) is 3.88. The van der Waals surface area contributed by atoms with Gasteiger partial charge in [0.1, 0.15) is 11.5 Å². The van der Waals surface area contributed by atoms with Crippen molar-refractivity contribution in [2.45, 2.75) is 12.8 Å². The molecular formula is C12H14O5. The van der Waals surface area contributed by atoms with Crippen molar-refractivity contribution in [2.75, 3.05) is 13.7 Å². The number of benzene rings is 1. The second kappa shape index (κ2) is 6.65. The van der Waals surface area contributed by atoms with E-state index in [2.05, 4.69) is 0 Å². The number of methoxy groups -OCH3 is 1. The molecule has 0 saturated heterocycles. The number of aldehydes is 1. The fourth-order valence-electron chi connectivity index (χ4n) is 1.24. The van der Waals surface area contributed by atoms with E-state index in [1.807, 2.05) is 0 Å². The number of hydrogen-bond donors (Lipinski definition) is 1. The first-order valence-corrected chi connectivity index (χ1v) is 5.16. The molecule has 0 aliphatic rings. The summed E-state index contributed by atoms with van der Waals surface area (Å²) in [5.74, 6) is 0.235. The maximum absolute atomic E-state index is 11.3. The first kappa shape index (κ1) is 13.2. The van der Waals surface area contributed by atoms with Crippen LogP contribution in [0, 0.1) is 0 Å². The molecule has 92 valence electrons. The van der Waals surface area contributed by atoms with Crippen LogP contribution >= 0.6 is 0 Å². The number of carbonyl (C=O) groups is 2. The molecular weight excluding hydrogens is 224 g/mol. The van der Waals surface area contributed by atoms with Gasteiger partial charge >= 0.3 is 5.97 Å². The van der Waals surface area contributed by atoms with E-state index in [9.17, 15) is 9.59 Å². The molecule has 0 unspecified atom stereocenters. The topological polar surface area (TPSA) is 72.8 Å². The Bertz CT molecular complexity index is 400. The molecule has 5 nitrogen and oxygen atoms in total. The van der Waals surface area contributed by atoms with Crippen LogP contribution in [-0.2, 0) is 4.79 Å². The van der Waals surface area contributed by atoms with Crippen molar-refractivity contribution in [1.29, 1.82) is 0 Å². The minimum atomic E-state index is -0.479. The van der Waals surface area contributed by atoms with Gasteiger partial charge in [0.15, 0.2) is 6.29 Å². The zero-order chi connectivity index (χ0) is 12.7. The van der Waals surface area contributed by atoms with Crippen LogP contribution in [0.2, 0.25) is 0 Å². The van der Waals surface area contributed by atoms with Crippen LogP contribution in [0.15, 0.2) is 18.2 Å². The molecule has 0 bridgehead atoms. The Hall–Kier alpha value is -1.88. The van der Waals surface area contributed by atoms with Crippen LogP contribution in [0.25, 0.3) is 0 Å². The van der Waals surface area contributed by atoms with Gasteiger partial charge in [-0.05, 0) is 24.6 Å². The van der Waals surface area contributed by atoms with E-state index < -0.39 is 5.97 Å². The number of carbonyl (C=O) groups excluding carboxylic acids is 2. The highest BCUT2D eigenvalue weighted by Crippen LogP contribution is 2.23. The summed E-state index contributed by atoms with van der Waals surface area (Å²) in [7, 11) is 1.48. The normalized spacial score (nSPS) is 9.76. The SMILES string of the molecule is COc1ccc(OC(=O)CCCO)c(C=O)c1. The number of ether oxygens (including phenoxy) is 2. The van der Waals surface area contributed by atoms with E-state index in [0.717, 1.165) is 0 Å². The molecule has 1 aromatic carbocycles. The fraction of sp³-hybridized carbons (Fsp3) is 0.333. The van der Waals surface area contributed by atoms with Crippen molar-refractivity contribution in [3.05, 3.63) is 23.8 Å². The van der Waals surface area contributed by atoms with E-state index in [1.54, 1.807) is 6.07 Å². The van der Waals surface area contributed by atoms with Gasteiger partial charge in [0, 0.05) is 13.0 Å². The summed E-state index contributed by atoms with van der Waals surface area (Å²) in [5.41, 5.74) is 0.252. The van der Waals surface area contributed by atoms with Gasteiger partial charge in [0.25, 0.3) is 0 Å². The lowest BCUT2D eigenvalue weighted by atomic mass is 10.2. The number of esters is 1. The zero-order valence-electron chi connectivity index (χ0n) is 9.51. The van der Waals surface area contributed by atoms with Crippen molar-refractivity contribution < 1.29 is 24.2 Å². The molecule has 5 heteroatoms. The summed E-state index contributed by atoms with van der Waals surface area (Å²) < 4.78 is 9.95. The Balaban J connectivity index is 2.76. The third-order valence-electron chi connectivity index (χ3n) is 2.11. The number of aliphatic hydroxyl groups is 1. The molecule has 0 aliphatic carbocycles. The molecule has 1 N–H and O–H groups in total. The Morgan fingerprint density at radius 2 is 2.24 bits per heavy atom. The molecule has 0 heterocycles. The van der Waals surface area contributed by atoms with Gasteiger partial charge in [0.05, 0.1) is 12.7 Å². The van der Waals surface area contributed by atoms with Gasteiger partial charge in [-0.25, -0.2) is 0 Å². The minimum Gasteiger partial charge on any atom is -0.497 e. The van der Waals surface area contributed by atoms with Gasteiger partial charge in [-0.3, -0.25) is 9.59 Å². The standard InChI is InChI=1S/C12H14O5/c1-16-10-4-5-11(9(7-10)8-14)17-12(15)3-2-6-13/h4-5,7-8,13H,2-3,6H2,1H3. The first-order chi connectivity index (χ1) is 8.21. The summed E-state index contributed by atoms with van der Waals surface area (Å²) >= 11 is 0. The van der Waals surface area contributed by atoms with Crippen molar-refractivity contribution in [3.63, 3.8) is 0 Å². The number of hydrogen-bond acceptors (Lipinski definition) is 5. The predicted octanol–water partition coefficient (Wildman–Crippen LogP) is 1.19. The van der Waals surface area contributed by atoms with E-state index in [-0.39, 0.29) is 24.3 Å². The van der Waals surface area contributed by atoms with E-state index in [4.69, 9.17) is 14.6 Å². The second-order valence-electron chi connectivity index (χ2n) is 3.32. The van der Waals surface area contributed by atoms with E-state index in [1.165, 1.54) is 19.2 Å². The highest BCUT2D eigenvalue weighted by molar-refractivity contribution is 5.83. The first-order valence-electron chi connectivity index (χ1n) is 5.16. The predicted molar refractivity (Wildman–Crippen MR) is 60.3 cm³/mol. The minimum absolute atomic E-state index is 0.0712.